The third-order valence-electron chi connectivity index (χ3n) is 4.11. The number of hydrogen-bond donors (Lipinski definition) is 1. The summed E-state index contributed by atoms with van der Waals surface area (Å²) >= 11 is 0. The molecule has 0 saturated heterocycles. The highest BCUT2D eigenvalue weighted by Crippen LogP contribution is 2.31. The van der Waals surface area contributed by atoms with Crippen molar-refractivity contribution >= 4 is 15.7 Å². The van der Waals surface area contributed by atoms with Gasteiger partial charge in [0.15, 0.2) is 5.76 Å². The lowest BCUT2D eigenvalue weighted by Crippen LogP contribution is -2.15. The lowest BCUT2D eigenvalue weighted by atomic mass is 10.0. The van der Waals surface area contributed by atoms with E-state index in [2.05, 4.69) is 9.88 Å². The smallest absolute Gasteiger partial charge is 0.262 e. The number of aryl methyl sites for hydroxylation is 2. The lowest BCUT2D eigenvalue weighted by molar-refractivity contribution is 0.427. The predicted molar refractivity (Wildman–Crippen MR) is 103 cm³/mol. The molecule has 1 aromatic heterocycles. The molecule has 2 aromatic carbocycles. The number of nitrogens with zero attached hydrogens (tertiary/aromatic N) is 1. The van der Waals surface area contributed by atoms with Gasteiger partial charge in [-0.25, -0.2) is 8.42 Å². The molecule has 0 fully saturated rings. The fourth-order valence-electron chi connectivity index (χ4n) is 2.82. The van der Waals surface area contributed by atoms with Crippen molar-refractivity contribution in [1.82, 2.24) is 5.16 Å². The molecule has 3 rings (SSSR count). The number of rotatable bonds is 5. The van der Waals surface area contributed by atoms with Crippen LogP contribution in [0.4, 0.5) is 5.69 Å². The molecule has 26 heavy (non-hydrogen) atoms. The fourth-order valence-corrected chi connectivity index (χ4v) is 4.26. The number of aromatic nitrogens is 1. The fraction of sp³-hybridized carbons (Fsp3) is 0.250. The van der Waals surface area contributed by atoms with Gasteiger partial charge in [0.05, 0.1) is 10.6 Å². The summed E-state index contributed by atoms with van der Waals surface area (Å²) in [6.45, 7) is 7.69. The Morgan fingerprint density at radius 1 is 1.04 bits per heavy atom. The van der Waals surface area contributed by atoms with Crippen molar-refractivity contribution in [3.05, 3.63) is 65.4 Å². The minimum atomic E-state index is -3.74. The van der Waals surface area contributed by atoms with Gasteiger partial charge in [0.25, 0.3) is 10.0 Å². The molecule has 6 heteroatoms. The predicted octanol–water partition coefficient (Wildman–Crippen LogP) is 4.88. The molecule has 3 aromatic rings. The van der Waals surface area contributed by atoms with Gasteiger partial charge in [-0.1, -0.05) is 43.3 Å². The van der Waals surface area contributed by atoms with Gasteiger partial charge in [-0.05, 0) is 49.1 Å². The van der Waals surface area contributed by atoms with E-state index in [0.717, 1.165) is 16.8 Å². The van der Waals surface area contributed by atoms with E-state index in [9.17, 15) is 8.42 Å². The monoisotopic (exact) mass is 370 g/mol. The first-order valence-corrected chi connectivity index (χ1v) is 9.92. The molecule has 0 bridgehead atoms. The van der Waals surface area contributed by atoms with Crippen molar-refractivity contribution in [3.63, 3.8) is 0 Å². The summed E-state index contributed by atoms with van der Waals surface area (Å²) in [7, 11) is -3.74. The maximum atomic E-state index is 13.1. The second kappa shape index (κ2) is 6.96. The summed E-state index contributed by atoms with van der Waals surface area (Å²) in [5, 5.41) is 3.88. The topological polar surface area (TPSA) is 72.2 Å². The molecule has 0 saturated carbocycles. The average Bonchev–Trinajstić information content (AvgIpc) is 3.00. The van der Waals surface area contributed by atoms with Crippen LogP contribution in [0.1, 0.15) is 36.6 Å². The zero-order valence-corrected chi connectivity index (χ0v) is 16.1. The standard InChI is InChI=1S/C20H22N2O3S/c1-13(2)18-9-8-16(19-11-15(4)21-25-19)12-20(18)26(23,24)22-17-7-5-6-14(3)10-17/h5-13,22H,1-4H3. The minimum Gasteiger partial charge on any atom is -0.356 e. The van der Waals surface area contributed by atoms with Crippen LogP contribution in [0.3, 0.4) is 0 Å². The van der Waals surface area contributed by atoms with Gasteiger partial charge in [0.2, 0.25) is 0 Å². The van der Waals surface area contributed by atoms with Gasteiger partial charge in [-0.3, -0.25) is 4.72 Å². The van der Waals surface area contributed by atoms with E-state index in [4.69, 9.17) is 4.52 Å². The molecule has 1 N–H and O–H groups in total. The van der Waals surface area contributed by atoms with Crippen molar-refractivity contribution in [2.45, 2.75) is 38.5 Å². The lowest BCUT2D eigenvalue weighted by Gasteiger charge is -2.16. The molecule has 0 amide bonds. The summed E-state index contributed by atoms with van der Waals surface area (Å²) in [5.41, 5.74) is 3.71. The number of anilines is 1. The Hall–Kier alpha value is -2.60. The Morgan fingerprint density at radius 2 is 1.81 bits per heavy atom. The van der Waals surface area contributed by atoms with Crippen LogP contribution in [0.5, 0.6) is 0 Å². The molecule has 1 heterocycles. The van der Waals surface area contributed by atoms with Crippen LogP contribution in [-0.2, 0) is 10.0 Å². The Labute approximate surface area is 154 Å². The minimum absolute atomic E-state index is 0.0598. The van der Waals surface area contributed by atoms with Crippen molar-refractivity contribution in [2.75, 3.05) is 4.72 Å². The van der Waals surface area contributed by atoms with E-state index in [-0.39, 0.29) is 10.8 Å². The Balaban J connectivity index is 2.08. The Morgan fingerprint density at radius 3 is 2.42 bits per heavy atom. The number of hydrogen-bond acceptors (Lipinski definition) is 4. The molecule has 0 aliphatic heterocycles. The Kier molecular flexibility index (Phi) is 4.87. The summed E-state index contributed by atoms with van der Waals surface area (Å²) in [4.78, 5) is 0.251. The first-order chi connectivity index (χ1) is 12.3. The normalized spacial score (nSPS) is 11.7. The molecule has 0 atom stereocenters. The van der Waals surface area contributed by atoms with Crippen LogP contribution >= 0.6 is 0 Å². The van der Waals surface area contributed by atoms with E-state index < -0.39 is 10.0 Å². The van der Waals surface area contributed by atoms with Gasteiger partial charge >= 0.3 is 0 Å². The molecular formula is C20H22N2O3S. The van der Waals surface area contributed by atoms with E-state index in [1.807, 2.05) is 52.0 Å². The van der Waals surface area contributed by atoms with E-state index in [1.165, 1.54) is 0 Å². The van der Waals surface area contributed by atoms with Crippen LogP contribution < -0.4 is 4.72 Å². The van der Waals surface area contributed by atoms with Crippen LogP contribution in [0, 0.1) is 13.8 Å². The highest BCUT2D eigenvalue weighted by atomic mass is 32.2. The van der Waals surface area contributed by atoms with Crippen LogP contribution in [0.25, 0.3) is 11.3 Å². The summed E-state index contributed by atoms with van der Waals surface area (Å²) < 4.78 is 34.1. The number of nitrogens with one attached hydrogen (secondary N) is 1. The highest BCUT2D eigenvalue weighted by molar-refractivity contribution is 7.92. The van der Waals surface area contributed by atoms with E-state index in [0.29, 0.717) is 17.0 Å². The molecule has 0 aliphatic rings. The van der Waals surface area contributed by atoms with Gasteiger partial charge in [-0.15, -0.1) is 0 Å². The first-order valence-electron chi connectivity index (χ1n) is 8.43. The molecule has 0 spiro atoms. The molecule has 0 unspecified atom stereocenters. The quantitative estimate of drug-likeness (QED) is 0.694. The van der Waals surface area contributed by atoms with E-state index >= 15 is 0 Å². The SMILES string of the molecule is Cc1cccc(NS(=O)(=O)c2cc(-c3cc(C)no3)ccc2C(C)C)c1. The summed E-state index contributed by atoms with van der Waals surface area (Å²) in [5.74, 6) is 0.606. The zero-order valence-electron chi connectivity index (χ0n) is 15.3. The average molecular weight is 370 g/mol. The maximum absolute atomic E-state index is 13.1. The van der Waals surface area contributed by atoms with E-state index in [1.54, 1.807) is 24.3 Å². The third kappa shape index (κ3) is 3.80. The third-order valence-corrected chi connectivity index (χ3v) is 5.54. The number of sulfonamides is 1. The largest absolute Gasteiger partial charge is 0.356 e. The van der Waals surface area contributed by atoms with Gasteiger partial charge in [0.1, 0.15) is 0 Å². The highest BCUT2D eigenvalue weighted by Gasteiger charge is 2.22. The van der Waals surface area contributed by atoms with Crippen molar-refractivity contribution in [2.24, 2.45) is 0 Å². The van der Waals surface area contributed by atoms with Gasteiger partial charge < -0.3 is 4.52 Å². The molecular weight excluding hydrogens is 348 g/mol. The molecule has 136 valence electrons. The second-order valence-electron chi connectivity index (χ2n) is 6.71. The first kappa shape index (κ1) is 18.2. The maximum Gasteiger partial charge on any atom is 0.262 e. The number of benzene rings is 2. The Bertz CT molecular complexity index is 1040. The second-order valence-corrected chi connectivity index (χ2v) is 8.37. The van der Waals surface area contributed by atoms with Gasteiger partial charge in [0, 0.05) is 17.3 Å². The summed E-state index contributed by atoms with van der Waals surface area (Å²) in [6, 6.07) is 14.4. The molecule has 0 aliphatic carbocycles. The molecule has 5 nitrogen and oxygen atoms in total. The van der Waals surface area contributed by atoms with Crippen molar-refractivity contribution in [1.29, 1.82) is 0 Å². The van der Waals surface area contributed by atoms with Crippen LogP contribution in [0.15, 0.2) is 57.9 Å². The van der Waals surface area contributed by atoms with Crippen LogP contribution in [-0.4, -0.2) is 13.6 Å². The van der Waals surface area contributed by atoms with Crippen LogP contribution in [0.2, 0.25) is 0 Å². The molecule has 0 radical (unpaired) electrons. The van der Waals surface area contributed by atoms with Crippen molar-refractivity contribution in [3.8, 4) is 11.3 Å². The van der Waals surface area contributed by atoms with Crippen molar-refractivity contribution < 1.29 is 12.9 Å². The summed E-state index contributed by atoms with van der Waals surface area (Å²) in [6.07, 6.45) is 0. The zero-order chi connectivity index (χ0) is 18.9. The van der Waals surface area contributed by atoms with Gasteiger partial charge in [-0.2, -0.15) is 0 Å².